The summed E-state index contributed by atoms with van der Waals surface area (Å²) in [5.41, 5.74) is 7.81. The lowest BCUT2D eigenvalue weighted by Crippen LogP contribution is -2.26. The molecule has 0 aromatic heterocycles. The third-order valence-electron chi connectivity index (χ3n) is 3.61. The highest BCUT2D eigenvalue weighted by Crippen LogP contribution is 2.22. The molecule has 0 heterocycles. The summed E-state index contributed by atoms with van der Waals surface area (Å²) in [6.45, 7) is 7.59. The molecule has 0 amide bonds. The van der Waals surface area contributed by atoms with E-state index in [1.807, 2.05) is 12.1 Å². The van der Waals surface area contributed by atoms with Crippen molar-refractivity contribution in [3.05, 3.63) is 29.3 Å². The molecule has 0 bridgehead atoms. The average Bonchev–Trinajstić information content (AvgIpc) is 2.49. The lowest BCUT2D eigenvalue weighted by atomic mass is 10.1. The van der Waals surface area contributed by atoms with Crippen LogP contribution >= 0.6 is 12.2 Å². The molecule has 0 atom stereocenters. The zero-order chi connectivity index (χ0) is 15.7. The number of methoxy groups -OCH3 is 1. The maximum absolute atomic E-state index is 5.74. The molecular formula is C17H28N2OS. The Morgan fingerprint density at radius 1 is 1.19 bits per heavy atom. The second-order valence-electron chi connectivity index (χ2n) is 5.37. The Labute approximate surface area is 134 Å². The topological polar surface area (TPSA) is 38.5 Å². The Kier molecular flexibility index (Phi) is 8.31. The van der Waals surface area contributed by atoms with E-state index in [4.69, 9.17) is 22.7 Å². The molecule has 3 nitrogen and oxygen atoms in total. The van der Waals surface area contributed by atoms with E-state index in [0.29, 0.717) is 4.99 Å². The molecule has 1 rings (SSSR count). The highest BCUT2D eigenvalue weighted by molar-refractivity contribution is 7.80. The van der Waals surface area contributed by atoms with Crippen molar-refractivity contribution in [1.82, 2.24) is 4.90 Å². The summed E-state index contributed by atoms with van der Waals surface area (Å²) >= 11 is 5.08. The largest absolute Gasteiger partial charge is 0.496 e. The summed E-state index contributed by atoms with van der Waals surface area (Å²) in [5.74, 6) is 0.910. The molecule has 0 aliphatic rings. The number of hydrogen-bond acceptors (Lipinski definition) is 3. The van der Waals surface area contributed by atoms with Crippen molar-refractivity contribution in [2.75, 3.05) is 20.2 Å². The predicted octanol–water partition coefficient (Wildman–Crippen LogP) is 3.73. The fourth-order valence-electron chi connectivity index (χ4n) is 2.33. The Hall–Kier alpha value is -1.13. The summed E-state index contributed by atoms with van der Waals surface area (Å²) in [6, 6.07) is 5.95. The Morgan fingerprint density at radius 2 is 1.81 bits per heavy atom. The van der Waals surface area contributed by atoms with E-state index < -0.39 is 0 Å². The first-order chi connectivity index (χ1) is 10.1. The van der Waals surface area contributed by atoms with E-state index >= 15 is 0 Å². The Morgan fingerprint density at radius 3 is 2.29 bits per heavy atom. The number of ether oxygens (including phenoxy) is 1. The van der Waals surface area contributed by atoms with E-state index in [1.165, 1.54) is 25.7 Å². The monoisotopic (exact) mass is 308 g/mol. The normalized spacial score (nSPS) is 10.9. The van der Waals surface area contributed by atoms with Gasteiger partial charge in [-0.1, -0.05) is 38.9 Å². The van der Waals surface area contributed by atoms with Gasteiger partial charge in [-0.15, -0.1) is 0 Å². The first-order valence-electron chi connectivity index (χ1n) is 7.81. The standard InChI is InChI=1S/C17H28N2OS/c1-4-6-10-19(11-7-5-2)13-15-12-14(17(18)21)8-9-16(15)20-3/h8-9,12H,4-7,10-11,13H2,1-3H3,(H2,18,21). The molecule has 0 aliphatic carbocycles. The zero-order valence-electron chi connectivity index (χ0n) is 13.5. The third kappa shape index (κ3) is 6.02. The molecule has 0 radical (unpaired) electrons. The first-order valence-corrected chi connectivity index (χ1v) is 8.22. The van der Waals surface area contributed by atoms with Gasteiger partial charge in [0.05, 0.1) is 7.11 Å². The lowest BCUT2D eigenvalue weighted by Gasteiger charge is -2.23. The van der Waals surface area contributed by atoms with Gasteiger partial charge >= 0.3 is 0 Å². The molecule has 4 heteroatoms. The number of thiocarbonyl (C=S) groups is 1. The number of benzene rings is 1. The maximum atomic E-state index is 5.74. The SMILES string of the molecule is CCCCN(CCCC)Cc1cc(C(N)=S)ccc1OC. The van der Waals surface area contributed by atoms with Crippen LogP contribution in [-0.4, -0.2) is 30.1 Å². The minimum atomic E-state index is 0.438. The number of nitrogens with two attached hydrogens (primary N) is 1. The van der Waals surface area contributed by atoms with Crippen molar-refractivity contribution < 1.29 is 4.74 Å². The van der Waals surface area contributed by atoms with E-state index in [1.54, 1.807) is 7.11 Å². The summed E-state index contributed by atoms with van der Waals surface area (Å²) in [5, 5.41) is 0. The Bertz CT molecular complexity index is 440. The van der Waals surface area contributed by atoms with Gasteiger partial charge < -0.3 is 10.5 Å². The van der Waals surface area contributed by atoms with Gasteiger partial charge in [0, 0.05) is 17.7 Å². The summed E-state index contributed by atoms with van der Waals surface area (Å²) < 4.78 is 5.48. The number of unbranched alkanes of at least 4 members (excludes halogenated alkanes) is 2. The van der Waals surface area contributed by atoms with E-state index in [2.05, 4.69) is 24.8 Å². The number of hydrogen-bond donors (Lipinski definition) is 1. The van der Waals surface area contributed by atoms with Crippen LogP contribution in [0.15, 0.2) is 18.2 Å². The van der Waals surface area contributed by atoms with Gasteiger partial charge in [0.2, 0.25) is 0 Å². The highest BCUT2D eigenvalue weighted by Gasteiger charge is 2.11. The van der Waals surface area contributed by atoms with Crippen molar-refractivity contribution in [3.63, 3.8) is 0 Å². The van der Waals surface area contributed by atoms with Crippen molar-refractivity contribution in [3.8, 4) is 5.75 Å². The second kappa shape index (κ2) is 9.74. The molecule has 118 valence electrons. The van der Waals surface area contributed by atoms with Crippen LogP contribution in [0.3, 0.4) is 0 Å². The van der Waals surface area contributed by atoms with Gasteiger partial charge in [-0.25, -0.2) is 0 Å². The van der Waals surface area contributed by atoms with Gasteiger partial charge in [-0.2, -0.15) is 0 Å². The summed E-state index contributed by atoms with van der Waals surface area (Å²) in [4.78, 5) is 2.93. The molecule has 1 aromatic carbocycles. The van der Waals surface area contributed by atoms with E-state index in [9.17, 15) is 0 Å². The van der Waals surface area contributed by atoms with Crippen LogP contribution in [0.4, 0.5) is 0 Å². The van der Waals surface area contributed by atoms with E-state index in [0.717, 1.165) is 36.5 Å². The van der Waals surface area contributed by atoms with Crippen LogP contribution in [0.25, 0.3) is 0 Å². The fraction of sp³-hybridized carbons (Fsp3) is 0.588. The average molecular weight is 308 g/mol. The zero-order valence-corrected chi connectivity index (χ0v) is 14.3. The molecule has 1 aromatic rings. The van der Waals surface area contributed by atoms with Gasteiger partial charge in [0.1, 0.15) is 10.7 Å². The minimum absolute atomic E-state index is 0.438. The van der Waals surface area contributed by atoms with Crippen LogP contribution in [-0.2, 0) is 6.54 Å². The Balaban J connectivity index is 2.88. The minimum Gasteiger partial charge on any atom is -0.496 e. The predicted molar refractivity (Wildman–Crippen MR) is 94.0 cm³/mol. The first kappa shape index (κ1) is 17.9. The van der Waals surface area contributed by atoms with Gasteiger partial charge in [-0.05, 0) is 44.1 Å². The van der Waals surface area contributed by atoms with Crippen LogP contribution in [0.5, 0.6) is 5.75 Å². The number of rotatable bonds is 10. The molecular weight excluding hydrogens is 280 g/mol. The lowest BCUT2D eigenvalue weighted by molar-refractivity contribution is 0.253. The molecule has 0 unspecified atom stereocenters. The van der Waals surface area contributed by atoms with E-state index in [-0.39, 0.29) is 0 Å². The van der Waals surface area contributed by atoms with Gasteiger partial charge in [0.25, 0.3) is 0 Å². The van der Waals surface area contributed by atoms with Crippen LogP contribution in [0.2, 0.25) is 0 Å². The van der Waals surface area contributed by atoms with Crippen molar-refractivity contribution in [2.24, 2.45) is 5.73 Å². The quantitative estimate of drug-likeness (QED) is 0.668. The number of nitrogens with zero attached hydrogens (tertiary/aromatic N) is 1. The van der Waals surface area contributed by atoms with Crippen molar-refractivity contribution >= 4 is 17.2 Å². The summed E-state index contributed by atoms with van der Waals surface area (Å²) in [6.07, 6.45) is 4.88. The van der Waals surface area contributed by atoms with Crippen LogP contribution in [0.1, 0.15) is 50.7 Å². The molecule has 2 N–H and O–H groups in total. The molecule has 0 aliphatic heterocycles. The van der Waals surface area contributed by atoms with Gasteiger partial charge in [-0.3, -0.25) is 4.90 Å². The van der Waals surface area contributed by atoms with Crippen LogP contribution < -0.4 is 10.5 Å². The van der Waals surface area contributed by atoms with Gasteiger partial charge in [0.15, 0.2) is 0 Å². The fourth-order valence-corrected chi connectivity index (χ4v) is 2.46. The highest BCUT2D eigenvalue weighted by atomic mass is 32.1. The molecule has 0 fully saturated rings. The molecule has 0 saturated heterocycles. The third-order valence-corrected chi connectivity index (χ3v) is 3.85. The van der Waals surface area contributed by atoms with Crippen molar-refractivity contribution in [2.45, 2.75) is 46.1 Å². The smallest absolute Gasteiger partial charge is 0.123 e. The summed E-state index contributed by atoms with van der Waals surface area (Å²) in [7, 11) is 1.71. The van der Waals surface area contributed by atoms with Crippen molar-refractivity contribution in [1.29, 1.82) is 0 Å². The maximum Gasteiger partial charge on any atom is 0.123 e. The van der Waals surface area contributed by atoms with Crippen LogP contribution in [0, 0.1) is 0 Å². The second-order valence-corrected chi connectivity index (χ2v) is 5.81. The molecule has 0 spiro atoms. The molecule has 21 heavy (non-hydrogen) atoms. The molecule has 0 saturated carbocycles.